The molecule has 0 aromatic carbocycles. The van der Waals surface area contributed by atoms with E-state index >= 15 is 0 Å². The van der Waals surface area contributed by atoms with Crippen LogP contribution in [0.4, 0.5) is 0 Å². The van der Waals surface area contributed by atoms with Crippen LogP contribution in [0.2, 0.25) is 0 Å². The van der Waals surface area contributed by atoms with E-state index in [0.29, 0.717) is 6.42 Å². The Bertz CT molecular complexity index is 205. The van der Waals surface area contributed by atoms with Gasteiger partial charge in [-0.3, -0.25) is 5.10 Å². The summed E-state index contributed by atoms with van der Waals surface area (Å²) in [6.07, 6.45) is 0.326. The number of aliphatic hydroxyl groups excluding tert-OH is 1. The second-order valence-corrected chi connectivity index (χ2v) is 2.60. The second kappa shape index (κ2) is 2.84. The number of hydrogen-bond acceptors (Lipinski definition) is 2. The number of nitrogens with one attached hydrogen (secondary N) is 1. The Hall–Kier alpha value is -0.830. The fourth-order valence-electron chi connectivity index (χ4n) is 0.882. The predicted molar refractivity (Wildman–Crippen MR) is 38.7 cm³/mol. The Labute approximate surface area is 60.1 Å². The number of aliphatic hydroxyl groups is 1. The molecule has 1 atom stereocenters. The van der Waals surface area contributed by atoms with Crippen LogP contribution in [0, 0.1) is 6.92 Å². The molecule has 0 fully saturated rings. The first-order valence-electron chi connectivity index (χ1n) is 3.37. The summed E-state index contributed by atoms with van der Waals surface area (Å²) in [5, 5.41) is 15.7. The topological polar surface area (TPSA) is 48.9 Å². The highest BCUT2D eigenvalue weighted by molar-refractivity contribution is 5.07. The first-order chi connectivity index (χ1) is 4.68. The number of H-pyrrole nitrogens is 1. The molecule has 0 unspecified atom stereocenters. The Morgan fingerprint density at radius 1 is 1.80 bits per heavy atom. The van der Waals surface area contributed by atoms with E-state index in [1.165, 1.54) is 0 Å². The van der Waals surface area contributed by atoms with E-state index in [1.54, 1.807) is 6.92 Å². The molecule has 0 aliphatic carbocycles. The molecule has 0 amide bonds. The van der Waals surface area contributed by atoms with Crippen LogP contribution in [0.25, 0.3) is 0 Å². The molecule has 0 aliphatic rings. The minimum Gasteiger partial charge on any atom is -0.393 e. The Balaban J connectivity index is 2.58. The maximum atomic E-state index is 8.96. The molecular formula is C7H12N2O. The first-order valence-corrected chi connectivity index (χ1v) is 3.37. The van der Waals surface area contributed by atoms with Gasteiger partial charge in [-0.1, -0.05) is 0 Å². The molecular weight excluding hydrogens is 128 g/mol. The number of hydrogen-bond donors (Lipinski definition) is 2. The molecule has 3 heteroatoms. The van der Waals surface area contributed by atoms with E-state index in [4.69, 9.17) is 5.11 Å². The Kier molecular flexibility index (Phi) is 2.06. The molecule has 2 N–H and O–H groups in total. The summed E-state index contributed by atoms with van der Waals surface area (Å²) >= 11 is 0. The average molecular weight is 140 g/mol. The van der Waals surface area contributed by atoms with Crippen molar-refractivity contribution in [3.05, 3.63) is 17.5 Å². The molecule has 0 spiro atoms. The van der Waals surface area contributed by atoms with Crippen LogP contribution in [0.1, 0.15) is 18.3 Å². The minimum atomic E-state index is -0.303. The third-order valence-electron chi connectivity index (χ3n) is 1.26. The van der Waals surface area contributed by atoms with Gasteiger partial charge in [-0.25, -0.2) is 0 Å². The van der Waals surface area contributed by atoms with Gasteiger partial charge in [0.25, 0.3) is 0 Å². The van der Waals surface area contributed by atoms with E-state index in [0.717, 1.165) is 11.4 Å². The monoisotopic (exact) mass is 140 g/mol. The number of nitrogens with zero attached hydrogens (tertiary/aromatic N) is 1. The zero-order valence-electron chi connectivity index (χ0n) is 6.26. The molecule has 56 valence electrons. The summed E-state index contributed by atoms with van der Waals surface area (Å²) in [6.45, 7) is 3.70. The fourth-order valence-corrected chi connectivity index (χ4v) is 0.882. The smallest absolute Gasteiger partial charge is 0.0650 e. The predicted octanol–water partition coefficient (Wildman–Crippen LogP) is 0.641. The maximum Gasteiger partial charge on any atom is 0.0650 e. The van der Waals surface area contributed by atoms with E-state index in [2.05, 4.69) is 10.2 Å². The Morgan fingerprint density at radius 2 is 2.50 bits per heavy atom. The molecule has 10 heavy (non-hydrogen) atoms. The Morgan fingerprint density at radius 3 is 2.90 bits per heavy atom. The van der Waals surface area contributed by atoms with Gasteiger partial charge in [0.05, 0.1) is 11.8 Å². The van der Waals surface area contributed by atoms with Gasteiger partial charge in [0.1, 0.15) is 0 Å². The molecule has 0 radical (unpaired) electrons. The highest BCUT2D eigenvalue weighted by Crippen LogP contribution is 2.00. The standard InChI is InChI=1S/C7H12N2O/c1-5-3-7(9-8-5)4-6(2)10/h3,6,10H,4H2,1-2H3,(H,8,9)/t6-/m1/s1. The molecule has 1 aromatic rings. The second-order valence-electron chi connectivity index (χ2n) is 2.60. The van der Waals surface area contributed by atoms with Crippen molar-refractivity contribution in [1.82, 2.24) is 10.2 Å². The third-order valence-corrected chi connectivity index (χ3v) is 1.26. The van der Waals surface area contributed by atoms with Crippen LogP contribution in [-0.2, 0) is 6.42 Å². The van der Waals surface area contributed by atoms with Crippen molar-refractivity contribution in [3.8, 4) is 0 Å². The lowest BCUT2D eigenvalue weighted by atomic mass is 10.2. The molecule has 1 rings (SSSR count). The van der Waals surface area contributed by atoms with Crippen molar-refractivity contribution < 1.29 is 5.11 Å². The number of aryl methyl sites for hydroxylation is 1. The number of aromatic nitrogens is 2. The zero-order chi connectivity index (χ0) is 7.56. The molecule has 1 aromatic heterocycles. The van der Waals surface area contributed by atoms with Crippen molar-refractivity contribution in [3.63, 3.8) is 0 Å². The summed E-state index contributed by atoms with van der Waals surface area (Å²) in [5.74, 6) is 0. The van der Waals surface area contributed by atoms with Crippen LogP contribution in [0.5, 0.6) is 0 Å². The molecule has 0 saturated carbocycles. The van der Waals surface area contributed by atoms with Gasteiger partial charge >= 0.3 is 0 Å². The van der Waals surface area contributed by atoms with E-state index in [-0.39, 0.29) is 6.10 Å². The highest BCUT2D eigenvalue weighted by Gasteiger charge is 2.00. The molecule has 0 saturated heterocycles. The number of rotatable bonds is 2. The van der Waals surface area contributed by atoms with Crippen LogP contribution in [0.15, 0.2) is 6.07 Å². The molecule has 1 heterocycles. The first kappa shape index (κ1) is 7.28. The summed E-state index contributed by atoms with van der Waals surface area (Å²) in [6, 6.07) is 1.94. The van der Waals surface area contributed by atoms with Gasteiger partial charge in [-0.15, -0.1) is 0 Å². The van der Waals surface area contributed by atoms with Gasteiger partial charge in [0.2, 0.25) is 0 Å². The van der Waals surface area contributed by atoms with Gasteiger partial charge < -0.3 is 5.11 Å². The fraction of sp³-hybridized carbons (Fsp3) is 0.571. The lowest BCUT2D eigenvalue weighted by Crippen LogP contribution is -2.04. The number of aromatic amines is 1. The average Bonchev–Trinajstić information content (AvgIpc) is 2.13. The van der Waals surface area contributed by atoms with Crippen LogP contribution in [0.3, 0.4) is 0 Å². The van der Waals surface area contributed by atoms with Gasteiger partial charge in [0, 0.05) is 12.1 Å². The quantitative estimate of drug-likeness (QED) is 0.633. The van der Waals surface area contributed by atoms with Crippen LogP contribution in [-0.4, -0.2) is 21.4 Å². The van der Waals surface area contributed by atoms with Crippen molar-refractivity contribution in [2.24, 2.45) is 0 Å². The van der Waals surface area contributed by atoms with Crippen molar-refractivity contribution >= 4 is 0 Å². The highest BCUT2D eigenvalue weighted by atomic mass is 16.3. The minimum absolute atomic E-state index is 0.303. The summed E-state index contributed by atoms with van der Waals surface area (Å²) in [4.78, 5) is 0. The lowest BCUT2D eigenvalue weighted by molar-refractivity contribution is 0.194. The molecule has 0 aliphatic heterocycles. The van der Waals surface area contributed by atoms with Crippen molar-refractivity contribution in [2.45, 2.75) is 26.4 Å². The molecule has 0 bridgehead atoms. The van der Waals surface area contributed by atoms with E-state index in [9.17, 15) is 0 Å². The van der Waals surface area contributed by atoms with Gasteiger partial charge in [0.15, 0.2) is 0 Å². The van der Waals surface area contributed by atoms with E-state index in [1.807, 2.05) is 13.0 Å². The lowest BCUT2D eigenvalue weighted by Gasteiger charge is -1.97. The van der Waals surface area contributed by atoms with Gasteiger partial charge in [-0.05, 0) is 19.9 Å². The normalized spacial score (nSPS) is 13.5. The summed E-state index contributed by atoms with van der Waals surface area (Å²) < 4.78 is 0. The van der Waals surface area contributed by atoms with Gasteiger partial charge in [-0.2, -0.15) is 5.10 Å². The van der Waals surface area contributed by atoms with E-state index < -0.39 is 0 Å². The zero-order valence-corrected chi connectivity index (χ0v) is 6.26. The van der Waals surface area contributed by atoms with Crippen molar-refractivity contribution in [1.29, 1.82) is 0 Å². The summed E-state index contributed by atoms with van der Waals surface area (Å²) in [7, 11) is 0. The SMILES string of the molecule is Cc1cc(C[C@@H](C)O)n[nH]1. The van der Waals surface area contributed by atoms with Crippen LogP contribution >= 0.6 is 0 Å². The van der Waals surface area contributed by atoms with Crippen molar-refractivity contribution in [2.75, 3.05) is 0 Å². The largest absolute Gasteiger partial charge is 0.393 e. The summed E-state index contributed by atoms with van der Waals surface area (Å²) in [5.41, 5.74) is 1.96. The molecule has 3 nitrogen and oxygen atoms in total. The maximum absolute atomic E-state index is 8.96. The third kappa shape index (κ3) is 1.84. The van der Waals surface area contributed by atoms with Crippen LogP contribution < -0.4 is 0 Å².